The van der Waals surface area contributed by atoms with Gasteiger partial charge in [-0.25, -0.2) is 13.1 Å². The third-order valence-corrected chi connectivity index (χ3v) is 6.12. The summed E-state index contributed by atoms with van der Waals surface area (Å²) in [5.74, 6) is 0.204. The molecule has 2 aromatic heterocycles. The fraction of sp³-hybridized carbons (Fsp3) is 0.429. The van der Waals surface area contributed by atoms with Crippen LogP contribution in [0.15, 0.2) is 28.6 Å². The number of aromatic nitrogens is 1. The second-order valence-corrected chi connectivity index (χ2v) is 8.16. The third kappa shape index (κ3) is 3.13. The molecule has 0 aliphatic carbocycles. The predicted molar refractivity (Wildman–Crippen MR) is 85.2 cm³/mol. The van der Waals surface area contributed by atoms with Gasteiger partial charge in [0.15, 0.2) is 0 Å². The van der Waals surface area contributed by atoms with Gasteiger partial charge in [-0.1, -0.05) is 0 Å². The Morgan fingerprint density at radius 1 is 1.55 bits per heavy atom. The molecule has 1 amide bonds. The molecule has 1 saturated heterocycles. The van der Waals surface area contributed by atoms with E-state index in [4.69, 9.17) is 0 Å². The number of hydrogen-bond acceptors (Lipinski definition) is 5. The van der Waals surface area contributed by atoms with Crippen LogP contribution in [0, 0.1) is 5.92 Å². The SMILES string of the molecule is CC(=O)N1CC[C@H](CNS(=O)(=O)c2cnc3ccsc3c2)C1. The molecule has 0 saturated carbocycles. The molecule has 1 atom stereocenters. The molecule has 8 heteroatoms. The summed E-state index contributed by atoms with van der Waals surface area (Å²) in [7, 11) is -3.56. The van der Waals surface area contributed by atoms with E-state index in [9.17, 15) is 13.2 Å². The number of nitrogens with one attached hydrogen (secondary N) is 1. The Kier molecular flexibility index (Phi) is 4.16. The molecule has 1 aliphatic heterocycles. The Morgan fingerprint density at radius 2 is 2.36 bits per heavy atom. The van der Waals surface area contributed by atoms with E-state index in [0.717, 1.165) is 16.6 Å². The van der Waals surface area contributed by atoms with Gasteiger partial charge in [0.05, 0.1) is 10.2 Å². The first-order valence-corrected chi connectivity index (χ1v) is 9.40. The van der Waals surface area contributed by atoms with E-state index >= 15 is 0 Å². The zero-order valence-electron chi connectivity index (χ0n) is 12.2. The number of fused-ring (bicyclic) bond motifs is 1. The lowest BCUT2D eigenvalue weighted by Crippen LogP contribution is -2.32. The number of nitrogens with zero attached hydrogens (tertiary/aromatic N) is 2. The number of pyridine rings is 1. The largest absolute Gasteiger partial charge is 0.343 e. The smallest absolute Gasteiger partial charge is 0.242 e. The van der Waals surface area contributed by atoms with Crippen molar-refractivity contribution in [2.75, 3.05) is 19.6 Å². The van der Waals surface area contributed by atoms with Crippen LogP contribution in [0.1, 0.15) is 13.3 Å². The summed E-state index contributed by atoms with van der Waals surface area (Å²) in [6.45, 7) is 3.19. The van der Waals surface area contributed by atoms with Crippen LogP contribution in [0.2, 0.25) is 0 Å². The Hall–Kier alpha value is -1.51. The Bertz CT molecular complexity index is 801. The van der Waals surface area contributed by atoms with Gasteiger partial charge >= 0.3 is 0 Å². The molecule has 2 aromatic rings. The van der Waals surface area contributed by atoms with Crippen LogP contribution in [0.25, 0.3) is 10.2 Å². The second-order valence-electron chi connectivity index (χ2n) is 5.45. The summed E-state index contributed by atoms with van der Waals surface area (Å²) in [6.07, 6.45) is 2.21. The van der Waals surface area contributed by atoms with Crippen LogP contribution in [0.3, 0.4) is 0 Å². The minimum Gasteiger partial charge on any atom is -0.343 e. The average molecular weight is 339 g/mol. The highest BCUT2D eigenvalue weighted by Crippen LogP contribution is 2.22. The van der Waals surface area contributed by atoms with Crippen LogP contribution < -0.4 is 4.72 Å². The zero-order chi connectivity index (χ0) is 15.7. The minimum atomic E-state index is -3.56. The van der Waals surface area contributed by atoms with E-state index in [1.165, 1.54) is 24.5 Å². The lowest BCUT2D eigenvalue weighted by atomic mass is 10.1. The summed E-state index contributed by atoms with van der Waals surface area (Å²) in [4.78, 5) is 17.4. The lowest BCUT2D eigenvalue weighted by Gasteiger charge is -2.14. The molecule has 3 rings (SSSR count). The van der Waals surface area contributed by atoms with Crippen molar-refractivity contribution >= 4 is 37.5 Å². The first kappa shape index (κ1) is 15.4. The number of thiophene rings is 1. The summed E-state index contributed by atoms with van der Waals surface area (Å²) >= 11 is 1.47. The van der Waals surface area contributed by atoms with E-state index in [-0.39, 0.29) is 16.7 Å². The number of likely N-dealkylation sites (tertiary alicyclic amines) is 1. The fourth-order valence-electron chi connectivity index (χ4n) is 2.57. The first-order chi connectivity index (χ1) is 10.5. The third-order valence-electron chi connectivity index (χ3n) is 3.88. The van der Waals surface area contributed by atoms with Crippen molar-refractivity contribution in [3.63, 3.8) is 0 Å². The molecule has 0 radical (unpaired) electrons. The monoisotopic (exact) mass is 339 g/mol. The first-order valence-electron chi connectivity index (χ1n) is 7.04. The van der Waals surface area contributed by atoms with Crippen LogP contribution in [-0.4, -0.2) is 43.8 Å². The molecule has 1 N–H and O–H groups in total. The van der Waals surface area contributed by atoms with Crippen molar-refractivity contribution < 1.29 is 13.2 Å². The maximum Gasteiger partial charge on any atom is 0.242 e. The van der Waals surface area contributed by atoms with Gasteiger partial charge in [0.25, 0.3) is 0 Å². The highest BCUT2D eigenvalue weighted by atomic mass is 32.2. The molecular formula is C14H17N3O3S2. The van der Waals surface area contributed by atoms with E-state index in [2.05, 4.69) is 9.71 Å². The van der Waals surface area contributed by atoms with Gasteiger partial charge in [0.2, 0.25) is 15.9 Å². The van der Waals surface area contributed by atoms with Gasteiger partial charge in [-0.15, -0.1) is 11.3 Å². The van der Waals surface area contributed by atoms with E-state index in [1.54, 1.807) is 11.0 Å². The molecule has 0 aromatic carbocycles. The Morgan fingerprint density at radius 3 is 3.09 bits per heavy atom. The molecular weight excluding hydrogens is 322 g/mol. The van der Waals surface area contributed by atoms with Crippen molar-refractivity contribution in [2.45, 2.75) is 18.2 Å². The van der Waals surface area contributed by atoms with Crippen molar-refractivity contribution in [3.8, 4) is 0 Å². The molecule has 0 bridgehead atoms. The fourth-order valence-corrected chi connectivity index (χ4v) is 4.51. The molecule has 0 spiro atoms. The van der Waals surface area contributed by atoms with E-state index < -0.39 is 10.0 Å². The summed E-state index contributed by atoms with van der Waals surface area (Å²) in [6, 6.07) is 3.50. The van der Waals surface area contributed by atoms with Gasteiger partial charge in [-0.2, -0.15) is 0 Å². The van der Waals surface area contributed by atoms with Crippen LogP contribution in [0.5, 0.6) is 0 Å². The van der Waals surface area contributed by atoms with Crippen molar-refractivity contribution in [1.82, 2.24) is 14.6 Å². The molecule has 1 aliphatic rings. The van der Waals surface area contributed by atoms with Crippen molar-refractivity contribution in [2.24, 2.45) is 5.92 Å². The normalized spacial score (nSPS) is 19.0. The number of rotatable bonds is 4. The zero-order valence-corrected chi connectivity index (χ0v) is 13.8. The molecule has 22 heavy (non-hydrogen) atoms. The number of sulfonamides is 1. The Labute approximate surface area is 133 Å². The molecule has 6 nitrogen and oxygen atoms in total. The highest BCUT2D eigenvalue weighted by molar-refractivity contribution is 7.89. The van der Waals surface area contributed by atoms with Crippen molar-refractivity contribution in [3.05, 3.63) is 23.7 Å². The van der Waals surface area contributed by atoms with E-state index in [0.29, 0.717) is 19.6 Å². The maximum atomic E-state index is 12.3. The van der Waals surface area contributed by atoms with Gasteiger partial charge in [-0.05, 0) is 29.9 Å². The minimum absolute atomic E-state index is 0.0395. The van der Waals surface area contributed by atoms with E-state index in [1.807, 2.05) is 11.4 Å². The lowest BCUT2D eigenvalue weighted by molar-refractivity contribution is -0.127. The average Bonchev–Trinajstić information content (AvgIpc) is 3.13. The molecule has 3 heterocycles. The van der Waals surface area contributed by atoms with Crippen LogP contribution in [0.4, 0.5) is 0 Å². The second kappa shape index (κ2) is 5.94. The standard InChI is InChI=1S/C14H17N3O3S2/c1-10(18)17-4-2-11(9-17)7-16-22(19,20)12-6-14-13(15-8-12)3-5-21-14/h3,5-6,8,11,16H,2,4,7,9H2,1H3/t11-/m1/s1. The Balaban J connectivity index is 1.67. The molecule has 118 valence electrons. The summed E-state index contributed by atoms with van der Waals surface area (Å²) in [5.41, 5.74) is 0.803. The van der Waals surface area contributed by atoms with Crippen LogP contribution >= 0.6 is 11.3 Å². The van der Waals surface area contributed by atoms with Gasteiger partial charge in [0, 0.05) is 32.8 Å². The quantitative estimate of drug-likeness (QED) is 0.914. The summed E-state index contributed by atoms with van der Waals surface area (Å²) < 4.78 is 28.2. The van der Waals surface area contributed by atoms with Gasteiger partial charge in [0.1, 0.15) is 4.90 Å². The number of hydrogen-bond donors (Lipinski definition) is 1. The van der Waals surface area contributed by atoms with Gasteiger partial charge < -0.3 is 4.90 Å². The maximum absolute atomic E-state index is 12.3. The topological polar surface area (TPSA) is 79.4 Å². The van der Waals surface area contributed by atoms with Crippen LogP contribution in [-0.2, 0) is 14.8 Å². The number of carbonyl (C=O) groups is 1. The van der Waals surface area contributed by atoms with Crippen molar-refractivity contribution in [1.29, 1.82) is 0 Å². The highest BCUT2D eigenvalue weighted by Gasteiger charge is 2.26. The number of carbonyl (C=O) groups excluding carboxylic acids is 1. The number of amides is 1. The summed E-state index contributed by atoms with van der Waals surface area (Å²) in [5, 5.41) is 1.89. The van der Waals surface area contributed by atoms with Gasteiger partial charge in [-0.3, -0.25) is 9.78 Å². The molecule has 0 unspecified atom stereocenters. The predicted octanol–water partition coefficient (Wildman–Crippen LogP) is 1.44. The molecule has 1 fully saturated rings.